The lowest BCUT2D eigenvalue weighted by molar-refractivity contribution is 0.328. The van der Waals surface area contributed by atoms with Crippen molar-refractivity contribution in [2.75, 3.05) is 0 Å². The third-order valence-corrected chi connectivity index (χ3v) is 5.16. The molecular formula is C19H27N. The molecule has 0 aliphatic heterocycles. The van der Waals surface area contributed by atoms with Crippen molar-refractivity contribution in [2.24, 2.45) is 11.8 Å². The van der Waals surface area contributed by atoms with E-state index in [1.807, 2.05) is 12.3 Å². The van der Waals surface area contributed by atoms with Crippen LogP contribution in [0.1, 0.15) is 69.9 Å². The summed E-state index contributed by atoms with van der Waals surface area (Å²) in [5, 5.41) is 0. The van der Waals surface area contributed by atoms with E-state index in [0.717, 1.165) is 11.8 Å². The molecule has 0 unspecified atom stereocenters. The molecule has 2 aliphatic carbocycles. The van der Waals surface area contributed by atoms with E-state index >= 15 is 0 Å². The number of nitrogens with zero attached hydrogens (tertiary/aromatic N) is 1. The van der Waals surface area contributed by atoms with Gasteiger partial charge >= 0.3 is 0 Å². The Bertz CT molecular complexity index is 402. The van der Waals surface area contributed by atoms with E-state index in [1.165, 1.54) is 69.9 Å². The minimum Gasteiger partial charge on any atom is -0.257 e. The zero-order valence-electron chi connectivity index (χ0n) is 12.6. The van der Waals surface area contributed by atoms with Gasteiger partial charge in [-0.05, 0) is 55.7 Å². The normalized spacial score (nSPS) is 21.6. The van der Waals surface area contributed by atoms with Crippen LogP contribution in [-0.4, -0.2) is 4.98 Å². The summed E-state index contributed by atoms with van der Waals surface area (Å²) >= 11 is 0. The number of allylic oxidation sites excluding steroid dienone is 1. The third-order valence-electron chi connectivity index (χ3n) is 5.16. The minimum absolute atomic E-state index is 0.842. The van der Waals surface area contributed by atoms with Gasteiger partial charge < -0.3 is 0 Å². The number of pyridine rings is 1. The summed E-state index contributed by atoms with van der Waals surface area (Å²) in [6, 6.07) is 6.28. The van der Waals surface area contributed by atoms with Crippen molar-refractivity contribution in [1.29, 1.82) is 0 Å². The Morgan fingerprint density at radius 2 is 1.45 bits per heavy atom. The quantitative estimate of drug-likeness (QED) is 0.693. The summed E-state index contributed by atoms with van der Waals surface area (Å²) in [6.07, 6.45) is 18.6. The van der Waals surface area contributed by atoms with E-state index in [-0.39, 0.29) is 0 Å². The van der Waals surface area contributed by atoms with Crippen LogP contribution in [0.25, 0.3) is 6.08 Å². The molecule has 0 N–H and O–H groups in total. The highest BCUT2D eigenvalue weighted by Gasteiger charge is 2.25. The average molecular weight is 269 g/mol. The molecule has 3 rings (SSSR count). The monoisotopic (exact) mass is 269 g/mol. The third kappa shape index (κ3) is 3.50. The molecule has 0 saturated heterocycles. The lowest BCUT2D eigenvalue weighted by atomic mass is 9.73. The standard InChI is InChI=1S/C19H27N/c1-3-9-16(10-4-1)19(17-11-5-2-6-12-17)15-18-13-7-8-14-20-18/h7-8,13-17H,1-6,9-12H2. The van der Waals surface area contributed by atoms with Gasteiger partial charge in [-0.25, -0.2) is 0 Å². The van der Waals surface area contributed by atoms with E-state index in [9.17, 15) is 0 Å². The molecule has 0 atom stereocenters. The molecule has 0 spiro atoms. The maximum absolute atomic E-state index is 4.53. The fourth-order valence-corrected chi connectivity index (χ4v) is 4.07. The molecule has 108 valence electrons. The van der Waals surface area contributed by atoms with Crippen LogP contribution in [0, 0.1) is 11.8 Å². The molecular weight excluding hydrogens is 242 g/mol. The van der Waals surface area contributed by atoms with Crippen molar-refractivity contribution >= 4 is 6.08 Å². The first-order valence-corrected chi connectivity index (χ1v) is 8.56. The van der Waals surface area contributed by atoms with E-state index < -0.39 is 0 Å². The number of aromatic nitrogens is 1. The zero-order chi connectivity index (χ0) is 13.6. The van der Waals surface area contributed by atoms with Crippen molar-refractivity contribution < 1.29 is 0 Å². The first kappa shape index (κ1) is 13.9. The first-order valence-electron chi connectivity index (χ1n) is 8.56. The average Bonchev–Trinajstić information content (AvgIpc) is 2.55. The minimum atomic E-state index is 0.842. The fraction of sp³-hybridized carbons (Fsp3) is 0.632. The summed E-state index contributed by atoms with van der Waals surface area (Å²) in [5.41, 5.74) is 2.90. The number of hydrogen-bond acceptors (Lipinski definition) is 1. The van der Waals surface area contributed by atoms with E-state index in [1.54, 1.807) is 5.57 Å². The van der Waals surface area contributed by atoms with Gasteiger partial charge in [0.1, 0.15) is 0 Å². The van der Waals surface area contributed by atoms with Gasteiger partial charge in [0.05, 0.1) is 5.69 Å². The maximum Gasteiger partial charge on any atom is 0.0629 e. The van der Waals surface area contributed by atoms with Crippen LogP contribution in [0.2, 0.25) is 0 Å². The molecule has 2 saturated carbocycles. The fourth-order valence-electron chi connectivity index (χ4n) is 4.07. The van der Waals surface area contributed by atoms with Crippen molar-refractivity contribution in [3.8, 4) is 0 Å². The number of rotatable bonds is 3. The first-order chi connectivity index (χ1) is 9.93. The predicted molar refractivity (Wildman–Crippen MR) is 85.4 cm³/mol. The highest BCUT2D eigenvalue weighted by molar-refractivity contribution is 5.50. The van der Waals surface area contributed by atoms with Crippen molar-refractivity contribution in [3.63, 3.8) is 0 Å². The van der Waals surface area contributed by atoms with Crippen LogP contribution in [0.3, 0.4) is 0 Å². The van der Waals surface area contributed by atoms with Crippen molar-refractivity contribution in [1.82, 2.24) is 4.98 Å². The smallest absolute Gasteiger partial charge is 0.0629 e. The van der Waals surface area contributed by atoms with Crippen LogP contribution >= 0.6 is 0 Å². The van der Waals surface area contributed by atoms with E-state index in [2.05, 4.69) is 23.2 Å². The Hall–Kier alpha value is -1.11. The zero-order valence-corrected chi connectivity index (χ0v) is 12.6. The van der Waals surface area contributed by atoms with Gasteiger partial charge in [-0.15, -0.1) is 0 Å². The van der Waals surface area contributed by atoms with Gasteiger partial charge in [0.2, 0.25) is 0 Å². The molecule has 1 heteroatoms. The Balaban J connectivity index is 1.83. The van der Waals surface area contributed by atoms with Crippen LogP contribution in [0.5, 0.6) is 0 Å². The molecule has 0 bridgehead atoms. The van der Waals surface area contributed by atoms with Gasteiger partial charge in [-0.3, -0.25) is 4.98 Å². The molecule has 1 aromatic heterocycles. The van der Waals surface area contributed by atoms with Crippen LogP contribution in [0.4, 0.5) is 0 Å². The molecule has 1 heterocycles. The molecule has 0 radical (unpaired) electrons. The molecule has 20 heavy (non-hydrogen) atoms. The molecule has 1 nitrogen and oxygen atoms in total. The number of hydrogen-bond donors (Lipinski definition) is 0. The Morgan fingerprint density at radius 3 is 1.95 bits per heavy atom. The Kier molecular flexibility index (Phi) is 4.89. The second-order valence-electron chi connectivity index (χ2n) is 6.57. The van der Waals surface area contributed by atoms with E-state index in [4.69, 9.17) is 0 Å². The Labute approximate surface area is 123 Å². The van der Waals surface area contributed by atoms with Crippen LogP contribution in [0.15, 0.2) is 30.0 Å². The van der Waals surface area contributed by atoms with Crippen LogP contribution in [-0.2, 0) is 0 Å². The van der Waals surface area contributed by atoms with Gasteiger partial charge in [0, 0.05) is 6.20 Å². The molecule has 0 amide bonds. The highest BCUT2D eigenvalue weighted by atomic mass is 14.7. The maximum atomic E-state index is 4.53. The van der Waals surface area contributed by atoms with Gasteiger partial charge in [0.15, 0.2) is 0 Å². The summed E-state index contributed by atoms with van der Waals surface area (Å²) in [5.74, 6) is 1.68. The highest BCUT2D eigenvalue weighted by Crippen LogP contribution is 2.40. The lowest BCUT2D eigenvalue weighted by Gasteiger charge is -2.32. The van der Waals surface area contributed by atoms with E-state index in [0.29, 0.717) is 0 Å². The molecule has 2 fully saturated rings. The summed E-state index contributed by atoms with van der Waals surface area (Å²) < 4.78 is 0. The predicted octanol–water partition coefficient (Wildman–Crippen LogP) is 5.63. The summed E-state index contributed by atoms with van der Waals surface area (Å²) in [7, 11) is 0. The van der Waals surface area contributed by atoms with Gasteiger partial charge in [-0.1, -0.05) is 50.2 Å². The topological polar surface area (TPSA) is 12.9 Å². The second-order valence-corrected chi connectivity index (χ2v) is 6.57. The lowest BCUT2D eigenvalue weighted by Crippen LogP contribution is -2.18. The molecule has 0 aromatic carbocycles. The van der Waals surface area contributed by atoms with Gasteiger partial charge in [0.25, 0.3) is 0 Å². The van der Waals surface area contributed by atoms with Crippen molar-refractivity contribution in [2.45, 2.75) is 64.2 Å². The summed E-state index contributed by atoms with van der Waals surface area (Å²) in [6.45, 7) is 0. The summed E-state index contributed by atoms with van der Waals surface area (Å²) in [4.78, 5) is 4.53. The van der Waals surface area contributed by atoms with Crippen molar-refractivity contribution in [3.05, 3.63) is 35.7 Å². The largest absolute Gasteiger partial charge is 0.257 e. The molecule has 2 aliphatic rings. The Morgan fingerprint density at radius 1 is 0.850 bits per heavy atom. The second kappa shape index (κ2) is 7.06. The SMILES string of the molecule is C(=C(C1CCCCC1)C1CCCCC1)c1ccccn1. The van der Waals surface area contributed by atoms with Crippen LogP contribution < -0.4 is 0 Å². The molecule has 1 aromatic rings. The van der Waals surface area contributed by atoms with Gasteiger partial charge in [-0.2, -0.15) is 0 Å².